The van der Waals surface area contributed by atoms with E-state index in [1.165, 1.54) is 17.4 Å². The van der Waals surface area contributed by atoms with Gasteiger partial charge in [0.2, 0.25) is 5.95 Å². The summed E-state index contributed by atoms with van der Waals surface area (Å²) in [4.78, 5) is 31.2. The van der Waals surface area contributed by atoms with Crippen molar-refractivity contribution in [2.24, 2.45) is 12.1 Å². The van der Waals surface area contributed by atoms with Crippen molar-refractivity contribution < 1.29 is 4.74 Å². The lowest BCUT2D eigenvalue weighted by atomic mass is 10.1. The van der Waals surface area contributed by atoms with E-state index >= 15 is 0 Å². The van der Waals surface area contributed by atoms with Gasteiger partial charge in [-0.15, -0.1) is 0 Å². The maximum Gasteiger partial charge on any atom is 0.329 e. The number of fused-ring (bicyclic) bond motifs is 1. The topological polar surface area (TPSA) is 106 Å². The van der Waals surface area contributed by atoms with E-state index in [1.54, 1.807) is 24.9 Å². The average molecular weight is 412 g/mol. The molecule has 0 bridgehead atoms. The Morgan fingerprint density at radius 3 is 2.60 bits per heavy atom. The normalized spacial score (nSPS) is 11.4. The van der Waals surface area contributed by atoms with Crippen LogP contribution in [0, 0.1) is 0 Å². The first-order valence-corrected chi connectivity index (χ1v) is 10.2. The number of imidazole rings is 1. The van der Waals surface area contributed by atoms with Crippen molar-refractivity contribution in [1.29, 1.82) is 0 Å². The SMILES string of the molecule is CCCCCCCn1c(N/N=C/c2ccc(OC)cc2)nc2c1c(=O)[nH]c(=O)n2C. The Balaban J connectivity index is 1.87. The predicted octanol–water partition coefficient (Wildman–Crippen LogP) is 2.85. The molecular weight excluding hydrogens is 384 g/mol. The molecule has 0 saturated heterocycles. The minimum atomic E-state index is -0.492. The van der Waals surface area contributed by atoms with Crippen LogP contribution in [-0.4, -0.2) is 32.4 Å². The number of hydrogen-bond donors (Lipinski definition) is 2. The molecule has 0 amide bonds. The second-order valence-electron chi connectivity index (χ2n) is 7.13. The molecule has 0 aliphatic heterocycles. The Kier molecular flexibility index (Phi) is 7.05. The van der Waals surface area contributed by atoms with E-state index < -0.39 is 11.2 Å². The summed E-state index contributed by atoms with van der Waals surface area (Å²) in [5, 5.41) is 4.26. The van der Waals surface area contributed by atoms with Crippen molar-refractivity contribution in [1.82, 2.24) is 19.1 Å². The number of rotatable bonds is 10. The molecule has 3 rings (SSSR count). The van der Waals surface area contributed by atoms with Crippen LogP contribution >= 0.6 is 0 Å². The Morgan fingerprint density at radius 2 is 1.90 bits per heavy atom. The molecule has 3 aromatic rings. The second kappa shape index (κ2) is 9.91. The van der Waals surface area contributed by atoms with Crippen molar-refractivity contribution in [2.75, 3.05) is 12.5 Å². The van der Waals surface area contributed by atoms with Crippen LogP contribution < -0.4 is 21.4 Å². The third-order valence-electron chi connectivity index (χ3n) is 4.99. The van der Waals surface area contributed by atoms with Crippen LogP contribution in [0.5, 0.6) is 5.75 Å². The number of anilines is 1. The Hall–Kier alpha value is -3.36. The highest BCUT2D eigenvalue weighted by Gasteiger charge is 2.16. The van der Waals surface area contributed by atoms with E-state index in [-0.39, 0.29) is 0 Å². The molecule has 2 heterocycles. The lowest BCUT2D eigenvalue weighted by molar-refractivity contribution is 0.415. The fourth-order valence-corrected chi connectivity index (χ4v) is 3.27. The Bertz CT molecular complexity index is 1120. The molecule has 1 aromatic carbocycles. The van der Waals surface area contributed by atoms with E-state index in [2.05, 4.69) is 27.4 Å². The molecule has 0 atom stereocenters. The Morgan fingerprint density at radius 1 is 1.17 bits per heavy atom. The first-order chi connectivity index (χ1) is 14.5. The maximum atomic E-state index is 12.5. The van der Waals surface area contributed by atoms with Crippen LogP contribution in [0.25, 0.3) is 11.2 Å². The number of nitrogens with zero attached hydrogens (tertiary/aromatic N) is 4. The van der Waals surface area contributed by atoms with Gasteiger partial charge < -0.3 is 9.30 Å². The van der Waals surface area contributed by atoms with Crippen LogP contribution in [0.3, 0.4) is 0 Å². The molecule has 0 fully saturated rings. The summed E-state index contributed by atoms with van der Waals surface area (Å²) in [6.07, 6.45) is 7.14. The summed E-state index contributed by atoms with van der Waals surface area (Å²) in [5.41, 5.74) is 3.58. The van der Waals surface area contributed by atoms with Gasteiger partial charge in [-0.1, -0.05) is 32.6 Å². The van der Waals surface area contributed by atoms with Crippen LogP contribution in [0.1, 0.15) is 44.6 Å². The monoisotopic (exact) mass is 412 g/mol. The average Bonchev–Trinajstić information content (AvgIpc) is 3.11. The van der Waals surface area contributed by atoms with E-state index in [0.717, 1.165) is 30.6 Å². The lowest BCUT2D eigenvalue weighted by Gasteiger charge is -2.08. The molecule has 9 nitrogen and oxygen atoms in total. The fourth-order valence-electron chi connectivity index (χ4n) is 3.27. The molecule has 0 saturated carbocycles. The van der Waals surface area contributed by atoms with Crippen LogP contribution in [0.15, 0.2) is 39.0 Å². The number of methoxy groups -OCH3 is 1. The minimum absolute atomic E-state index is 0.333. The highest BCUT2D eigenvalue weighted by Crippen LogP contribution is 2.17. The summed E-state index contributed by atoms with van der Waals surface area (Å²) in [7, 11) is 3.20. The van der Waals surface area contributed by atoms with Gasteiger partial charge in [0.25, 0.3) is 5.56 Å². The number of unbranched alkanes of at least 4 members (excludes halogenated alkanes) is 4. The van der Waals surface area contributed by atoms with Crippen molar-refractivity contribution in [2.45, 2.75) is 45.6 Å². The van der Waals surface area contributed by atoms with Crippen LogP contribution in [0.2, 0.25) is 0 Å². The van der Waals surface area contributed by atoms with Crippen LogP contribution in [0.4, 0.5) is 5.95 Å². The number of nitrogens with one attached hydrogen (secondary N) is 2. The maximum absolute atomic E-state index is 12.5. The van der Waals surface area contributed by atoms with Gasteiger partial charge in [0.1, 0.15) is 5.75 Å². The molecule has 2 N–H and O–H groups in total. The van der Waals surface area contributed by atoms with E-state index in [0.29, 0.717) is 23.7 Å². The fraction of sp³-hybridized carbons (Fsp3) is 0.429. The summed E-state index contributed by atoms with van der Waals surface area (Å²) < 4.78 is 8.29. The van der Waals surface area contributed by atoms with Gasteiger partial charge in [-0.3, -0.25) is 14.3 Å². The number of benzene rings is 1. The predicted molar refractivity (Wildman–Crippen MR) is 119 cm³/mol. The zero-order chi connectivity index (χ0) is 21.5. The van der Waals surface area contributed by atoms with Gasteiger partial charge >= 0.3 is 5.69 Å². The van der Waals surface area contributed by atoms with E-state index in [9.17, 15) is 9.59 Å². The number of hydrazone groups is 1. The third-order valence-corrected chi connectivity index (χ3v) is 4.99. The van der Waals surface area contributed by atoms with Crippen molar-refractivity contribution in [3.8, 4) is 5.75 Å². The first-order valence-electron chi connectivity index (χ1n) is 10.2. The molecular formula is C21H28N6O3. The second-order valence-corrected chi connectivity index (χ2v) is 7.13. The van der Waals surface area contributed by atoms with Gasteiger partial charge in [0, 0.05) is 13.6 Å². The first kappa shape index (κ1) is 21.4. The Labute approximate surface area is 174 Å². The van der Waals surface area contributed by atoms with Gasteiger partial charge in [-0.2, -0.15) is 10.1 Å². The van der Waals surface area contributed by atoms with Crippen LogP contribution in [-0.2, 0) is 13.6 Å². The summed E-state index contributed by atoms with van der Waals surface area (Å²) in [6.45, 7) is 2.79. The largest absolute Gasteiger partial charge is 0.497 e. The molecule has 0 aliphatic carbocycles. The molecule has 9 heteroatoms. The zero-order valence-electron chi connectivity index (χ0n) is 17.6. The van der Waals surface area contributed by atoms with Gasteiger partial charge in [-0.25, -0.2) is 10.2 Å². The third kappa shape index (κ3) is 4.79. The number of ether oxygens (including phenoxy) is 1. The lowest BCUT2D eigenvalue weighted by Crippen LogP contribution is -2.29. The van der Waals surface area contributed by atoms with Gasteiger partial charge in [-0.05, 0) is 36.2 Å². The van der Waals surface area contributed by atoms with Crippen molar-refractivity contribution in [3.05, 3.63) is 50.7 Å². The molecule has 0 unspecified atom stereocenters. The molecule has 0 aliphatic rings. The van der Waals surface area contributed by atoms with E-state index in [4.69, 9.17) is 4.74 Å². The zero-order valence-corrected chi connectivity index (χ0v) is 17.6. The number of hydrogen-bond acceptors (Lipinski definition) is 6. The smallest absolute Gasteiger partial charge is 0.329 e. The molecule has 30 heavy (non-hydrogen) atoms. The van der Waals surface area contributed by atoms with Gasteiger partial charge in [0.15, 0.2) is 11.2 Å². The molecule has 0 radical (unpaired) electrons. The standard InChI is InChI=1S/C21H28N6O3/c1-4-5-6-7-8-13-27-17-18(26(2)21(29)24-19(17)28)23-20(27)25-22-14-15-9-11-16(30-3)12-10-15/h9-12,14H,4-8,13H2,1-3H3,(H,23,25)(H,24,28,29)/b22-14+. The molecule has 0 spiro atoms. The number of aromatic nitrogens is 4. The quantitative estimate of drug-likeness (QED) is 0.303. The number of aromatic amines is 1. The van der Waals surface area contributed by atoms with Gasteiger partial charge in [0.05, 0.1) is 13.3 Å². The number of H-pyrrole nitrogens is 1. The summed E-state index contributed by atoms with van der Waals surface area (Å²) in [6, 6.07) is 7.47. The number of aryl methyl sites for hydroxylation is 2. The highest BCUT2D eigenvalue weighted by atomic mass is 16.5. The molecule has 2 aromatic heterocycles. The van der Waals surface area contributed by atoms with Crippen molar-refractivity contribution >= 4 is 23.3 Å². The summed E-state index contributed by atoms with van der Waals surface area (Å²) >= 11 is 0. The molecule has 160 valence electrons. The summed E-state index contributed by atoms with van der Waals surface area (Å²) in [5.74, 6) is 1.20. The highest BCUT2D eigenvalue weighted by molar-refractivity contribution is 5.80. The minimum Gasteiger partial charge on any atom is -0.497 e. The van der Waals surface area contributed by atoms with Crippen molar-refractivity contribution in [3.63, 3.8) is 0 Å². The van der Waals surface area contributed by atoms with E-state index in [1.807, 2.05) is 24.3 Å².